The Labute approximate surface area is 193 Å². The molecule has 170 valence electrons. The fourth-order valence-corrected chi connectivity index (χ4v) is 4.62. The van der Waals surface area contributed by atoms with Crippen molar-refractivity contribution in [3.63, 3.8) is 0 Å². The summed E-state index contributed by atoms with van der Waals surface area (Å²) < 4.78 is 21.6. The average molecular weight is 467 g/mol. The molecule has 2 N–H and O–H groups in total. The van der Waals surface area contributed by atoms with E-state index in [4.69, 9.17) is 13.6 Å². The van der Waals surface area contributed by atoms with Crippen LogP contribution in [0.15, 0.2) is 45.2 Å². The largest absolute Gasteiger partial charge is 0.480 e. The molecule has 4 aromatic rings. The van der Waals surface area contributed by atoms with E-state index < -0.39 is 23.6 Å². The quantitative estimate of drug-likeness (QED) is 0.348. The molecule has 1 aliphatic carbocycles. The van der Waals surface area contributed by atoms with E-state index in [0.717, 1.165) is 16.0 Å². The Kier molecular flexibility index (Phi) is 5.01. The Morgan fingerprint density at radius 3 is 2.64 bits per heavy atom. The molecule has 5 rings (SSSR count). The number of rotatable bonds is 6. The number of carbonyl (C=O) groups is 2. The topological polar surface area (TPSA) is 115 Å². The van der Waals surface area contributed by atoms with Crippen LogP contribution in [0.25, 0.3) is 22.6 Å². The predicted octanol–water partition coefficient (Wildman–Crippen LogP) is 6.19. The Hall–Kier alpha value is -3.59. The van der Waals surface area contributed by atoms with Crippen molar-refractivity contribution in [2.75, 3.05) is 5.32 Å². The van der Waals surface area contributed by atoms with Crippen molar-refractivity contribution in [1.82, 2.24) is 4.37 Å². The van der Waals surface area contributed by atoms with E-state index in [0.29, 0.717) is 41.1 Å². The molecule has 3 heterocycles. The van der Waals surface area contributed by atoms with Gasteiger partial charge in [-0.2, -0.15) is 4.37 Å². The number of aliphatic carboxylic acids is 1. The molecule has 1 amide bonds. The maximum atomic E-state index is 12.6. The van der Waals surface area contributed by atoms with Gasteiger partial charge in [0.15, 0.2) is 5.76 Å². The highest BCUT2D eigenvalue weighted by molar-refractivity contribution is 7.06. The van der Waals surface area contributed by atoms with Crippen molar-refractivity contribution in [3.8, 4) is 11.5 Å². The Balaban J connectivity index is 1.36. The molecule has 0 aliphatic heterocycles. The number of carboxylic acid groups (broad SMARTS) is 1. The number of carbonyl (C=O) groups excluding carboxylic acids is 1. The summed E-state index contributed by atoms with van der Waals surface area (Å²) >= 11 is 1.23. The number of hydrogen-bond acceptors (Lipinski definition) is 7. The number of anilines is 1. The van der Waals surface area contributed by atoms with E-state index in [-0.39, 0.29) is 5.78 Å². The van der Waals surface area contributed by atoms with Crippen molar-refractivity contribution in [1.29, 1.82) is 0 Å². The van der Waals surface area contributed by atoms with Gasteiger partial charge in [0.05, 0.1) is 11.1 Å². The number of amides is 1. The van der Waals surface area contributed by atoms with Crippen LogP contribution in [0.5, 0.6) is 0 Å². The lowest BCUT2D eigenvalue weighted by Crippen LogP contribution is -2.18. The lowest BCUT2D eigenvalue weighted by molar-refractivity contribution is -0.140. The number of carboxylic acids is 1. The zero-order valence-corrected chi connectivity index (χ0v) is 19.1. The highest BCUT2D eigenvalue weighted by Crippen LogP contribution is 2.50. The molecule has 9 heteroatoms. The highest BCUT2D eigenvalue weighted by atomic mass is 32.1. The molecule has 1 saturated carbocycles. The average Bonchev–Trinajstić information content (AvgIpc) is 3.18. The third-order valence-electron chi connectivity index (χ3n) is 6.08. The fraction of sp³-hybridized carbons (Fsp3) is 0.292. The number of aryl methyl sites for hydroxylation is 2. The summed E-state index contributed by atoms with van der Waals surface area (Å²) in [4.78, 5) is 25.0. The van der Waals surface area contributed by atoms with Crippen LogP contribution in [-0.2, 0) is 14.9 Å². The third-order valence-corrected chi connectivity index (χ3v) is 6.83. The second kappa shape index (κ2) is 7.77. The summed E-state index contributed by atoms with van der Waals surface area (Å²) in [5.41, 5.74) is 2.00. The molecule has 33 heavy (non-hydrogen) atoms. The zero-order valence-electron chi connectivity index (χ0n) is 18.3. The van der Waals surface area contributed by atoms with Crippen LogP contribution < -0.4 is 5.32 Å². The molecule has 1 unspecified atom stereocenters. The van der Waals surface area contributed by atoms with Gasteiger partial charge in [0, 0.05) is 4.88 Å². The van der Waals surface area contributed by atoms with Gasteiger partial charge in [-0.25, -0.2) is 4.79 Å². The van der Waals surface area contributed by atoms with Gasteiger partial charge in [0.1, 0.15) is 23.0 Å². The maximum absolute atomic E-state index is 12.6. The minimum atomic E-state index is -0.941. The molecule has 0 spiro atoms. The van der Waals surface area contributed by atoms with Crippen molar-refractivity contribution in [3.05, 3.63) is 58.2 Å². The molecule has 0 bridgehead atoms. The lowest BCUT2D eigenvalue weighted by atomic mass is 10.0. The van der Waals surface area contributed by atoms with Crippen LogP contribution in [0.3, 0.4) is 0 Å². The minimum Gasteiger partial charge on any atom is -0.480 e. The molecule has 1 fully saturated rings. The standard InChI is InChI=1S/C24H22N2O6S/c1-12-6-4-5-7-16(12)13(2)30-23(29)25-19-14(3)33-26-20(19)17-10-15-11-18(32-21(15)31-17)24(8-9-24)22(27)28/h4-7,10-11,13H,8-9H2,1-3H3,(H,25,29)(H,27,28). The summed E-state index contributed by atoms with van der Waals surface area (Å²) in [6.45, 7) is 5.64. The van der Waals surface area contributed by atoms with Crippen LogP contribution in [0.2, 0.25) is 0 Å². The number of fused-ring (bicyclic) bond motifs is 1. The van der Waals surface area contributed by atoms with E-state index in [1.807, 2.05) is 45.0 Å². The zero-order chi connectivity index (χ0) is 23.3. The van der Waals surface area contributed by atoms with Gasteiger partial charge in [-0.05, 0) is 68.4 Å². The first kappa shape index (κ1) is 21.3. The molecule has 1 atom stereocenters. The fourth-order valence-electron chi connectivity index (χ4n) is 3.97. The number of hydrogen-bond donors (Lipinski definition) is 2. The Bertz CT molecular complexity index is 1350. The van der Waals surface area contributed by atoms with Gasteiger partial charge in [-0.15, -0.1) is 0 Å². The molecule has 3 aromatic heterocycles. The van der Waals surface area contributed by atoms with Crippen molar-refractivity contribution < 1.29 is 28.3 Å². The first-order valence-corrected chi connectivity index (χ1v) is 11.3. The molecular weight excluding hydrogens is 444 g/mol. The molecular formula is C24H22N2O6S. The lowest BCUT2D eigenvalue weighted by Gasteiger charge is -2.16. The van der Waals surface area contributed by atoms with Crippen LogP contribution in [0, 0.1) is 13.8 Å². The van der Waals surface area contributed by atoms with Crippen LogP contribution in [0.4, 0.5) is 10.5 Å². The predicted molar refractivity (Wildman–Crippen MR) is 123 cm³/mol. The van der Waals surface area contributed by atoms with Crippen LogP contribution >= 0.6 is 11.5 Å². The SMILES string of the molecule is Cc1ccccc1C(C)OC(=O)Nc1c(-c2cc3cc(C4(C(=O)O)CC4)oc3o2)nsc1C. The van der Waals surface area contributed by atoms with E-state index in [1.165, 1.54) is 11.5 Å². The van der Waals surface area contributed by atoms with Crippen molar-refractivity contribution in [2.45, 2.75) is 45.1 Å². The van der Waals surface area contributed by atoms with Crippen LogP contribution in [0.1, 0.15) is 47.6 Å². The van der Waals surface area contributed by atoms with Gasteiger partial charge in [0.2, 0.25) is 0 Å². The van der Waals surface area contributed by atoms with E-state index >= 15 is 0 Å². The number of aromatic nitrogens is 1. The summed E-state index contributed by atoms with van der Waals surface area (Å²) in [5, 5.41) is 12.9. The monoisotopic (exact) mass is 466 g/mol. The molecule has 0 saturated heterocycles. The Morgan fingerprint density at radius 1 is 1.21 bits per heavy atom. The normalized spacial score (nSPS) is 15.4. The maximum Gasteiger partial charge on any atom is 0.412 e. The molecule has 1 aliphatic rings. The minimum absolute atomic E-state index is 0.236. The highest BCUT2D eigenvalue weighted by Gasteiger charge is 2.54. The summed E-state index contributed by atoms with van der Waals surface area (Å²) in [7, 11) is 0. The first-order chi connectivity index (χ1) is 15.8. The van der Waals surface area contributed by atoms with Gasteiger partial charge >= 0.3 is 12.1 Å². The summed E-state index contributed by atoms with van der Waals surface area (Å²) in [5.74, 6) is 0.165. The van der Waals surface area contributed by atoms with E-state index in [9.17, 15) is 14.7 Å². The second-order valence-corrected chi connectivity index (χ2v) is 9.32. The van der Waals surface area contributed by atoms with E-state index in [2.05, 4.69) is 9.69 Å². The van der Waals surface area contributed by atoms with Gasteiger partial charge < -0.3 is 18.7 Å². The molecule has 0 radical (unpaired) electrons. The number of furan rings is 2. The second-order valence-electron chi connectivity index (χ2n) is 8.34. The Morgan fingerprint density at radius 2 is 1.97 bits per heavy atom. The molecule has 8 nitrogen and oxygen atoms in total. The number of ether oxygens (including phenoxy) is 1. The third kappa shape index (κ3) is 3.68. The van der Waals surface area contributed by atoms with Gasteiger partial charge in [0.25, 0.3) is 5.78 Å². The number of nitrogens with zero attached hydrogens (tertiary/aromatic N) is 1. The van der Waals surface area contributed by atoms with Gasteiger partial charge in [-0.1, -0.05) is 24.3 Å². The number of benzene rings is 1. The number of nitrogens with one attached hydrogen (secondary N) is 1. The van der Waals surface area contributed by atoms with Crippen molar-refractivity contribution in [2.24, 2.45) is 0 Å². The van der Waals surface area contributed by atoms with Crippen molar-refractivity contribution >= 4 is 40.4 Å². The molecule has 1 aromatic carbocycles. The van der Waals surface area contributed by atoms with Gasteiger partial charge in [-0.3, -0.25) is 10.1 Å². The summed E-state index contributed by atoms with van der Waals surface area (Å²) in [6, 6.07) is 11.2. The summed E-state index contributed by atoms with van der Waals surface area (Å²) in [6.07, 6.45) is 0.0846. The van der Waals surface area contributed by atoms with Crippen LogP contribution in [-0.4, -0.2) is 21.5 Å². The van der Waals surface area contributed by atoms with E-state index in [1.54, 1.807) is 12.1 Å². The first-order valence-electron chi connectivity index (χ1n) is 10.6. The smallest absolute Gasteiger partial charge is 0.412 e.